The summed E-state index contributed by atoms with van der Waals surface area (Å²) in [5, 5.41) is 13.2. The molecular weight excluding hydrogens is 520 g/mol. The van der Waals surface area contributed by atoms with Crippen LogP contribution in [0.15, 0.2) is 30.3 Å². The largest absolute Gasteiger partial charge is 0.493 e. The fourth-order valence-corrected chi connectivity index (χ4v) is 3.53. The lowest BCUT2D eigenvalue weighted by atomic mass is 9.92. The van der Waals surface area contributed by atoms with E-state index >= 15 is 4.39 Å². The van der Waals surface area contributed by atoms with Gasteiger partial charge in [0.25, 0.3) is 0 Å². The van der Waals surface area contributed by atoms with Gasteiger partial charge in [0.2, 0.25) is 0 Å². The second-order valence-electron chi connectivity index (χ2n) is 8.92. The molecule has 0 amide bonds. The average Bonchev–Trinajstić information content (AvgIpc) is 2.81. The van der Waals surface area contributed by atoms with Gasteiger partial charge in [0.1, 0.15) is 36.3 Å². The third kappa shape index (κ3) is 6.76. The Morgan fingerprint density at radius 2 is 1.71 bits per heavy atom. The fraction of sp³-hybridized carbons (Fsp3) is 0.440. The van der Waals surface area contributed by atoms with Crippen LogP contribution in [0.5, 0.6) is 11.5 Å². The van der Waals surface area contributed by atoms with E-state index in [0.29, 0.717) is 16.7 Å². The van der Waals surface area contributed by atoms with Gasteiger partial charge in [0.05, 0.1) is 24.8 Å². The number of hydrogen-bond donors (Lipinski definition) is 2. The summed E-state index contributed by atoms with van der Waals surface area (Å²) in [4.78, 5) is 8.64. The molecule has 1 aromatic heterocycles. The minimum absolute atomic E-state index is 0.0948. The molecule has 3 rings (SSSR count). The van der Waals surface area contributed by atoms with Gasteiger partial charge in [-0.25, -0.2) is 14.4 Å². The molecule has 0 aliphatic carbocycles. The molecule has 38 heavy (non-hydrogen) atoms. The number of nitrogens with zero attached hydrogens (tertiary/aromatic N) is 2. The van der Waals surface area contributed by atoms with E-state index in [2.05, 4.69) is 20.0 Å². The maximum Gasteiger partial charge on any atom is 0.411 e. The van der Waals surface area contributed by atoms with Gasteiger partial charge in [0.15, 0.2) is 11.5 Å². The minimum Gasteiger partial charge on any atom is -0.493 e. The monoisotopic (exact) mass is 547 g/mol. The van der Waals surface area contributed by atoms with Crippen LogP contribution in [0.1, 0.15) is 30.8 Å². The molecule has 0 saturated heterocycles. The summed E-state index contributed by atoms with van der Waals surface area (Å²) < 4.78 is 96.4. The second-order valence-corrected chi connectivity index (χ2v) is 8.92. The molecular formula is C25H27F6N3O4. The molecule has 0 bridgehead atoms. The number of aliphatic hydroxyl groups is 1. The molecule has 13 heteroatoms. The van der Waals surface area contributed by atoms with Crippen molar-refractivity contribution in [1.29, 1.82) is 0 Å². The molecule has 0 spiro atoms. The predicted octanol–water partition coefficient (Wildman–Crippen LogP) is 5.52. The molecule has 0 aliphatic rings. The van der Waals surface area contributed by atoms with Crippen molar-refractivity contribution in [3.05, 3.63) is 53.1 Å². The first-order valence-electron chi connectivity index (χ1n) is 11.4. The Morgan fingerprint density at radius 1 is 1.00 bits per heavy atom. The van der Waals surface area contributed by atoms with E-state index in [4.69, 9.17) is 9.47 Å². The molecule has 208 valence electrons. The van der Waals surface area contributed by atoms with Gasteiger partial charge in [-0.05, 0) is 32.9 Å². The normalized spacial score (nSPS) is 12.6. The maximum atomic E-state index is 15.1. The molecule has 2 aromatic carbocycles. The number of benzene rings is 2. The standard InChI is InChI=1S/C25H27F6N3O4/c1-14-33-18-11-19(36-4)20(38-9-8-37-13-24(27,28)29)10-16(18)22(34-14)32-12-15-6-5-7-17(21(15)26)25(30,31)23(2,3)35/h5-7,10-11,35H,8-9,12-13H2,1-4H3,(H,32,33,34). The first-order valence-corrected chi connectivity index (χ1v) is 11.4. The number of nitrogens with one attached hydrogen (secondary N) is 1. The molecule has 3 aromatic rings. The molecule has 0 aliphatic heterocycles. The SMILES string of the molecule is COc1cc2nc(C)nc(NCc3cccc(C(F)(F)C(C)(C)O)c3F)c2cc1OCCOCC(F)(F)F. The van der Waals surface area contributed by atoms with Crippen LogP contribution in [0.4, 0.5) is 32.2 Å². The van der Waals surface area contributed by atoms with Crippen molar-refractivity contribution in [2.24, 2.45) is 0 Å². The van der Waals surface area contributed by atoms with E-state index < -0.39 is 35.7 Å². The van der Waals surface area contributed by atoms with Crippen LogP contribution in [0, 0.1) is 12.7 Å². The highest BCUT2D eigenvalue weighted by molar-refractivity contribution is 5.91. The second kappa shape index (κ2) is 11.2. The summed E-state index contributed by atoms with van der Waals surface area (Å²) in [6, 6.07) is 6.52. The lowest BCUT2D eigenvalue weighted by Crippen LogP contribution is -2.41. The molecule has 2 N–H and O–H groups in total. The van der Waals surface area contributed by atoms with Crippen LogP contribution in [0.2, 0.25) is 0 Å². The summed E-state index contributed by atoms with van der Waals surface area (Å²) in [7, 11) is 1.38. The van der Waals surface area contributed by atoms with Crippen molar-refractivity contribution in [1.82, 2.24) is 9.97 Å². The van der Waals surface area contributed by atoms with E-state index in [9.17, 15) is 27.1 Å². The van der Waals surface area contributed by atoms with E-state index in [-0.39, 0.29) is 42.6 Å². The van der Waals surface area contributed by atoms with Crippen LogP contribution >= 0.6 is 0 Å². The van der Waals surface area contributed by atoms with Crippen molar-refractivity contribution in [2.45, 2.75) is 45.0 Å². The van der Waals surface area contributed by atoms with Crippen molar-refractivity contribution in [2.75, 3.05) is 32.2 Å². The van der Waals surface area contributed by atoms with Crippen molar-refractivity contribution >= 4 is 16.7 Å². The van der Waals surface area contributed by atoms with E-state index in [1.165, 1.54) is 31.4 Å². The van der Waals surface area contributed by atoms with Gasteiger partial charge < -0.3 is 24.6 Å². The zero-order valence-electron chi connectivity index (χ0n) is 21.0. The highest BCUT2D eigenvalue weighted by atomic mass is 19.4. The first kappa shape index (κ1) is 29.2. The summed E-state index contributed by atoms with van der Waals surface area (Å²) in [6.45, 7) is 1.21. The number of aromatic nitrogens is 2. The topological polar surface area (TPSA) is 85.7 Å². The number of ether oxygens (including phenoxy) is 3. The Labute approximate surface area is 214 Å². The van der Waals surface area contributed by atoms with E-state index in [0.717, 1.165) is 19.9 Å². The quantitative estimate of drug-likeness (QED) is 0.242. The molecule has 0 atom stereocenters. The number of hydrogen-bond acceptors (Lipinski definition) is 7. The number of alkyl halides is 5. The number of rotatable bonds is 11. The van der Waals surface area contributed by atoms with Crippen LogP contribution in [-0.4, -0.2) is 53.8 Å². The third-order valence-corrected chi connectivity index (χ3v) is 5.48. The molecule has 0 radical (unpaired) electrons. The van der Waals surface area contributed by atoms with E-state index in [1.807, 2.05) is 0 Å². The Hall–Kier alpha value is -3.32. The minimum atomic E-state index is -4.46. The molecule has 1 heterocycles. The number of methoxy groups -OCH3 is 1. The van der Waals surface area contributed by atoms with Gasteiger partial charge in [0, 0.05) is 23.6 Å². The number of aryl methyl sites for hydroxylation is 1. The Kier molecular flexibility index (Phi) is 8.62. The van der Waals surface area contributed by atoms with Gasteiger partial charge >= 0.3 is 12.1 Å². The zero-order chi connectivity index (χ0) is 28.3. The van der Waals surface area contributed by atoms with Crippen molar-refractivity contribution in [3.8, 4) is 11.5 Å². The summed E-state index contributed by atoms with van der Waals surface area (Å²) in [6.07, 6.45) is -4.46. The Balaban J connectivity index is 1.87. The van der Waals surface area contributed by atoms with Gasteiger partial charge in [-0.3, -0.25) is 0 Å². The smallest absolute Gasteiger partial charge is 0.411 e. The fourth-order valence-electron chi connectivity index (χ4n) is 3.53. The lowest BCUT2D eigenvalue weighted by Gasteiger charge is -2.30. The Morgan fingerprint density at radius 3 is 2.34 bits per heavy atom. The predicted molar refractivity (Wildman–Crippen MR) is 127 cm³/mol. The summed E-state index contributed by atoms with van der Waals surface area (Å²) >= 11 is 0. The highest BCUT2D eigenvalue weighted by Gasteiger charge is 2.49. The zero-order valence-corrected chi connectivity index (χ0v) is 21.0. The highest BCUT2D eigenvalue weighted by Crippen LogP contribution is 2.40. The number of fused-ring (bicyclic) bond motifs is 1. The van der Waals surface area contributed by atoms with Crippen LogP contribution in [0.3, 0.4) is 0 Å². The van der Waals surface area contributed by atoms with Crippen LogP contribution < -0.4 is 14.8 Å². The first-order chi connectivity index (χ1) is 17.6. The van der Waals surface area contributed by atoms with Crippen LogP contribution in [-0.2, 0) is 17.2 Å². The summed E-state index contributed by atoms with van der Waals surface area (Å²) in [5.74, 6) is -4.02. The number of halogens is 6. The molecule has 0 saturated carbocycles. The average molecular weight is 547 g/mol. The van der Waals surface area contributed by atoms with Crippen LogP contribution in [0.25, 0.3) is 10.9 Å². The maximum absolute atomic E-state index is 15.1. The lowest BCUT2D eigenvalue weighted by molar-refractivity contribution is -0.175. The third-order valence-electron chi connectivity index (χ3n) is 5.48. The van der Waals surface area contributed by atoms with Gasteiger partial charge in [-0.2, -0.15) is 22.0 Å². The van der Waals surface area contributed by atoms with E-state index in [1.54, 1.807) is 6.92 Å². The molecule has 7 nitrogen and oxygen atoms in total. The molecule has 0 unspecified atom stereocenters. The van der Waals surface area contributed by atoms with Gasteiger partial charge in [-0.15, -0.1) is 0 Å². The van der Waals surface area contributed by atoms with Crippen molar-refractivity contribution in [3.63, 3.8) is 0 Å². The Bertz CT molecular complexity index is 1280. The van der Waals surface area contributed by atoms with Crippen molar-refractivity contribution < 1.29 is 45.7 Å². The number of anilines is 1. The van der Waals surface area contributed by atoms with Gasteiger partial charge in [-0.1, -0.05) is 12.1 Å². The summed E-state index contributed by atoms with van der Waals surface area (Å²) in [5.41, 5.74) is -3.11. The molecule has 0 fully saturated rings.